The van der Waals surface area contributed by atoms with Crippen LogP contribution < -0.4 is 11.5 Å². The van der Waals surface area contributed by atoms with Crippen LogP contribution in [-0.4, -0.2) is 18.7 Å². The highest BCUT2D eigenvalue weighted by Gasteiger charge is 2.08. The molecule has 0 aliphatic heterocycles. The smallest absolute Gasteiger partial charge is 0.265 e. The van der Waals surface area contributed by atoms with Gasteiger partial charge in [0, 0.05) is 0 Å². The quantitative estimate of drug-likeness (QED) is 0.497. The first-order valence-electron chi connectivity index (χ1n) is 3.98. The lowest BCUT2D eigenvalue weighted by molar-refractivity contribution is 0.483. The third kappa shape index (κ3) is 2.90. The molecule has 1 rings (SSSR count). The molecule has 0 amide bonds. The van der Waals surface area contributed by atoms with E-state index >= 15 is 0 Å². The van der Waals surface area contributed by atoms with Gasteiger partial charge in [0.15, 0.2) is 0 Å². The normalized spacial score (nSPS) is 11.5. The lowest BCUT2D eigenvalue weighted by Gasteiger charge is -2.06. The van der Waals surface area contributed by atoms with Gasteiger partial charge in [-0.05, 0) is 18.1 Å². The van der Waals surface area contributed by atoms with Gasteiger partial charge >= 0.3 is 0 Å². The lowest BCUT2D eigenvalue weighted by Crippen LogP contribution is -2.08. The first-order chi connectivity index (χ1) is 6.40. The van der Waals surface area contributed by atoms with Crippen LogP contribution in [0, 0.1) is 0 Å². The summed E-state index contributed by atoms with van der Waals surface area (Å²) < 4.78 is 29.5. The molecule has 78 valence electrons. The third-order valence-corrected chi connectivity index (χ3v) is 2.58. The molecule has 0 unspecified atom stereocenters. The maximum atomic E-state index is 10.5. The zero-order chi connectivity index (χ0) is 10.8. The average molecular weight is 216 g/mol. The van der Waals surface area contributed by atoms with Gasteiger partial charge in [-0.25, -0.2) is 0 Å². The highest BCUT2D eigenvalue weighted by atomic mass is 32.2. The number of aryl methyl sites for hydroxylation is 1. The van der Waals surface area contributed by atoms with Crippen molar-refractivity contribution >= 4 is 21.5 Å². The first-order valence-corrected chi connectivity index (χ1v) is 5.59. The Labute approximate surface area is 82.5 Å². The standard InChI is InChI=1S/C8H12N2O3S/c9-7-3-1-2-6(8(7)10)4-5-14(11,12)13/h1-3H,4-5,9-10H2,(H,11,12,13). The maximum absolute atomic E-state index is 10.5. The van der Waals surface area contributed by atoms with Crippen molar-refractivity contribution in [3.05, 3.63) is 23.8 Å². The topological polar surface area (TPSA) is 106 Å². The van der Waals surface area contributed by atoms with Crippen LogP contribution in [0.2, 0.25) is 0 Å². The molecule has 1 aromatic rings. The van der Waals surface area contributed by atoms with E-state index in [-0.39, 0.29) is 12.2 Å². The van der Waals surface area contributed by atoms with E-state index in [0.29, 0.717) is 16.9 Å². The molecule has 0 aliphatic rings. The zero-order valence-corrected chi connectivity index (χ0v) is 8.29. The molecule has 1 aromatic carbocycles. The van der Waals surface area contributed by atoms with Crippen molar-refractivity contribution in [2.24, 2.45) is 0 Å². The number of anilines is 2. The van der Waals surface area contributed by atoms with E-state index < -0.39 is 10.1 Å². The van der Waals surface area contributed by atoms with E-state index in [9.17, 15) is 8.42 Å². The average Bonchev–Trinajstić information content (AvgIpc) is 2.06. The summed E-state index contributed by atoms with van der Waals surface area (Å²) in [7, 11) is -3.95. The van der Waals surface area contributed by atoms with Gasteiger partial charge in [0.1, 0.15) is 0 Å². The van der Waals surface area contributed by atoms with Crippen LogP contribution in [0.1, 0.15) is 5.56 Å². The predicted octanol–water partition coefficient (Wildman–Crippen LogP) is 0.281. The van der Waals surface area contributed by atoms with Gasteiger partial charge in [-0.15, -0.1) is 0 Å². The Balaban J connectivity index is 2.83. The highest BCUT2D eigenvalue weighted by Crippen LogP contribution is 2.19. The molecule has 6 heteroatoms. The second-order valence-electron chi connectivity index (χ2n) is 2.96. The summed E-state index contributed by atoms with van der Waals surface area (Å²) in [5.41, 5.74) is 12.5. The van der Waals surface area contributed by atoms with E-state index in [1.165, 1.54) is 0 Å². The van der Waals surface area contributed by atoms with Crippen molar-refractivity contribution in [1.82, 2.24) is 0 Å². The van der Waals surface area contributed by atoms with Crippen molar-refractivity contribution in [3.63, 3.8) is 0 Å². The summed E-state index contributed by atoms with van der Waals surface area (Å²) >= 11 is 0. The van der Waals surface area contributed by atoms with Crippen molar-refractivity contribution in [2.45, 2.75) is 6.42 Å². The van der Waals surface area contributed by atoms with E-state index in [1.54, 1.807) is 18.2 Å². The van der Waals surface area contributed by atoms with Gasteiger partial charge in [0.25, 0.3) is 10.1 Å². The number of hydrogen-bond acceptors (Lipinski definition) is 4. The minimum absolute atomic E-state index is 0.162. The second kappa shape index (κ2) is 3.85. The molecular weight excluding hydrogens is 204 g/mol. The highest BCUT2D eigenvalue weighted by molar-refractivity contribution is 7.85. The fraction of sp³-hybridized carbons (Fsp3) is 0.250. The summed E-state index contributed by atoms with van der Waals surface area (Å²) in [5, 5.41) is 0. The molecule has 0 aliphatic carbocycles. The third-order valence-electron chi connectivity index (χ3n) is 1.86. The molecule has 0 saturated heterocycles. The molecule has 0 spiro atoms. The summed E-state index contributed by atoms with van der Waals surface area (Å²) in [5.74, 6) is -0.347. The van der Waals surface area contributed by atoms with E-state index in [1.807, 2.05) is 0 Å². The molecule has 0 aromatic heterocycles. The molecule has 5 nitrogen and oxygen atoms in total. The summed E-state index contributed by atoms with van der Waals surface area (Å²) in [6.45, 7) is 0. The summed E-state index contributed by atoms with van der Waals surface area (Å²) in [6.07, 6.45) is 0.162. The minimum atomic E-state index is -3.95. The molecule has 0 atom stereocenters. The first kappa shape index (κ1) is 10.8. The van der Waals surface area contributed by atoms with E-state index in [0.717, 1.165) is 0 Å². The Morgan fingerprint density at radius 3 is 2.50 bits per heavy atom. The van der Waals surface area contributed by atoms with Gasteiger partial charge in [0.05, 0.1) is 17.1 Å². The molecule has 0 bridgehead atoms. The Bertz CT molecular complexity index is 428. The molecule has 0 radical (unpaired) electrons. The van der Waals surface area contributed by atoms with Crippen LogP contribution in [0.5, 0.6) is 0 Å². The number of nitrogen functional groups attached to an aromatic ring is 2. The number of benzene rings is 1. The lowest BCUT2D eigenvalue weighted by atomic mass is 10.1. The SMILES string of the molecule is Nc1cccc(CCS(=O)(=O)O)c1N. The Morgan fingerprint density at radius 2 is 1.93 bits per heavy atom. The van der Waals surface area contributed by atoms with E-state index in [4.69, 9.17) is 16.0 Å². The van der Waals surface area contributed by atoms with Gasteiger partial charge in [-0.2, -0.15) is 8.42 Å². The fourth-order valence-electron chi connectivity index (χ4n) is 1.09. The molecule has 0 saturated carbocycles. The monoisotopic (exact) mass is 216 g/mol. The van der Waals surface area contributed by atoms with Crippen LogP contribution in [-0.2, 0) is 16.5 Å². The van der Waals surface area contributed by atoms with Crippen molar-refractivity contribution in [3.8, 4) is 0 Å². The van der Waals surface area contributed by atoms with Crippen LogP contribution in [0.4, 0.5) is 11.4 Å². The fourth-order valence-corrected chi connectivity index (χ4v) is 1.57. The van der Waals surface area contributed by atoms with Crippen molar-refractivity contribution in [2.75, 3.05) is 17.2 Å². The van der Waals surface area contributed by atoms with Gasteiger partial charge in [-0.1, -0.05) is 12.1 Å². The number of rotatable bonds is 3. The molecular formula is C8H12N2O3S. The Kier molecular flexibility index (Phi) is 2.97. The zero-order valence-electron chi connectivity index (χ0n) is 7.47. The van der Waals surface area contributed by atoms with Gasteiger partial charge in [-0.3, -0.25) is 4.55 Å². The minimum Gasteiger partial charge on any atom is -0.397 e. The van der Waals surface area contributed by atoms with Crippen molar-refractivity contribution in [1.29, 1.82) is 0 Å². The number of para-hydroxylation sites is 1. The van der Waals surface area contributed by atoms with Crippen LogP contribution in [0.3, 0.4) is 0 Å². The van der Waals surface area contributed by atoms with Crippen LogP contribution >= 0.6 is 0 Å². The van der Waals surface area contributed by atoms with E-state index in [2.05, 4.69) is 0 Å². The summed E-state index contributed by atoms with van der Waals surface area (Å²) in [6, 6.07) is 4.99. The molecule has 0 heterocycles. The predicted molar refractivity (Wildman–Crippen MR) is 55.4 cm³/mol. The van der Waals surface area contributed by atoms with Crippen LogP contribution in [0.25, 0.3) is 0 Å². The largest absolute Gasteiger partial charge is 0.397 e. The second-order valence-corrected chi connectivity index (χ2v) is 4.53. The Hall–Kier alpha value is -1.27. The number of hydrogen-bond donors (Lipinski definition) is 3. The summed E-state index contributed by atoms with van der Waals surface area (Å²) in [4.78, 5) is 0. The molecule has 5 N–H and O–H groups in total. The van der Waals surface area contributed by atoms with Gasteiger partial charge in [0.2, 0.25) is 0 Å². The maximum Gasteiger partial charge on any atom is 0.265 e. The van der Waals surface area contributed by atoms with Crippen molar-refractivity contribution < 1.29 is 13.0 Å². The Morgan fingerprint density at radius 1 is 1.29 bits per heavy atom. The van der Waals surface area contributed by atoms with Crippen LogP contribution in [0.15, 0.2) is 18.2 Å². The molecule has 0 fully saturated rings. The molecule has 14 heavy (non-hydrogen) atoms. The number of nitrogens with two attached hydrogens (primary N) is 2. The van der Waals surface area contributed by atoms with Gasteiger partial charge < -0.3 is 11.5 Å².